The van der Waals surface area contributed by atoms with Crippen LogP contribution in [0.3, 0.4) is 0 Å². The summed E-state index contributed by atoms with van der Waals surface area (Å²) in [5.74, 6) is -2.28. The SMILES string of the molecule is Cc1ccc(N2C(=O)C3C4CC(C3C2=O)C2C4Sc3[nH]c(=O)sc3[C@@H]2c2cc(Br)ccc2OCC(=O)Nc2cccc(C(F)(F)F)c2)cc1. The third-order valence-electron chi connectivity index (χ3n) is 10.2. The zero-order valence-corrected chi connectivity index (χ0v) is 28.8. The Hall–Kier alpha value is -3.88. The minimum atomic E-state index is -4.56. The van der Waals surface area contributed by atoms with Gasteiger partial charge in [0.2, 0.25) is 11.8 Å². The zero-order valence-electron chi connectivity index (χ0n) is 25.6. The highest BCUT2D eigenvalue weighted by atomic mass is 79.9. The predicted molar refractivity (Wildman–Crippen MR) is 182 cm³/mol. The number of fused-ring (bicyclic) bond motifs is 9. The van der Waals surface area contributed by atoms with Crippen LogP contribution in [0, 0.1) is 36.5 Å². The number of thiazole rings is 1. The van der Waals surface area contributed by atoms with E-state index in [0.29, 0.717) is 23.4 Å². The third-order valence-corrected chi connectivity index (χ3v) is 13.2. The number of aromatic nitrogens is 1. The number of amides is 3. The molecule has 3 fully saturated rings. The highest BCUT2D eigenvalue weighted by Gasteiger charge is 2.70. The zero-order chi connectivity index (χ0) is 34.4. The van der Waals surface area contributed by atoms with Gasteiger partial charge in [0.15, 0.2) is 6.61 Å². The van der Waals surface area contributed by atoms with Crippen molar-refractivity contribution in [1.82, 2.24) is 4.98 Å². The Morgan fingerprint density at radius 1 is 1.02 bits per heavy atom. The molecule has 2 saturated carbocycles. The number of imide groups is 1. The molecule has 2 aliphatic heterocycles. The van der Waals surface area contributed by atoms with Crippen LogP contribution in [0.4, 0.5) is 24.5 Å². The van der Waals surface area contributed by atoms with E-state index in [9.17, 15) is 32.3 Å². The van der Waals surface area contributed by atoms with Gasteiger partial charge in [-0.1, -0.05) is 51.0 Å². The molecule has 8 rings (SSSR count). The van der Waals surface area contributed by atoms with Crippen LogP contribution in [-0.2, 0) is 20.6 Å². The summed E-state index contributed by atoms with van der Waals surface area (Å²) in [6.45, 7) is 1.46. The fourth-order valence-corrected chi connectivity index (χ4v) is 11.6. The molecule has 4 aromatic rings. The van der Waals surface area contributed by atoms with Gasteiger partial charge in [0, 0.05) is 31.8 Å². The summed E-state index contributed by atoms with van der Waals surface area (Å²) in [6.07, 6.45) is -3.85. The number of aryl methyl sites for hydroxylation is 1. The van der Waals surface area contributed by atoms with Crippen LogP contribution < -0.4 is 19.8 Å². The Kier molecular flexibility index (Phi) is 7.83. The summed E-state index contributed by atoms with van der Waals surface area (Å²) >= 11 is 6.24. The monoisotopic (exact) mass is 769 g/mol. The van der Waals surface area contributed by atoms with Gasteiger partial charge in [-0.15, -0.1) is 11.8 Å². The number of ether oxygens (including phenoxy) is 1. The van der Waals surface area contributed by atoms with Crippen molar-refractivity contribution in [2.75, 3.05) is 16.8 Å². The number of alkyl halides is 3. The quantitative estimate of drug-likeness (QED) is 0.201. The van der Waals surface area contributed by atoms with Crippen molar-refractivity contribution in [3.05, 3.63) is 102 Å². The Labute approximate surface area is 294 Å². The second-order valence-corrected chi connectivity index (χ2v) is 16.0. The Balaban J connectivity index is 1.11. The molecule has 6 unspecified atom stereocenters. The standard InChI is InChI=1S/C35H27BrF3N3O5S2/c1-15-5-8-19(9-6-15)42-32(44)27-21-13-22(28(27)33(42)45)29-26(21)25(30-31(48-29)41-34(46)49-30)20-12-17(36)7-10-23(20)47-14-24(43)40-18-4-2-3-16(11-18)35(37,38)39/h2-12,21-22,25-29H,13-14H2,1H3,(H,40,43)(H,41,46)/t21?,22?,25-,26?,27?,28?,29?/m1/s1. The van der Waals surface area contributed by atoms with E-state index in [0.717, 1.165) is 43.4 Å². The largest absolute Gasteiger partial charge is 0.483 e. The first-order chi connectivity index (χ1) is 23.4. The first kappa shape index (κ1) is 32.3. The summed E-state index contributed by atoms with van der Waals surface area (Å²) in [6, 6.07) is 17.1. The van der Waals surface area contributed by atoms with Gasteiger partial charge in [0.05, 0.1) is 28.1 Å². The number of benzene rings is 3. The van der Waals surface area contributed by atoms with Gasteiger partial charge in [-0.3, -0.25) is 24.1 Å². The van der Waals surface area contributed by atoms with Crippen molar-refractivity contribution in [3.8, 4) is 5.75 Å². The average molecular weight is 771 g/mol. The van der Waals surface area contributed by atoms with Crippen LogP contribution in [0.5, 0.6) is 5.75 Å². The maximum absolute atomic E-state index is 14.1. The molecule has 252 valence electrons. The van der Waals surface area contributed by atoms with E-state index in [4.69, 9.17) is 4.74 Å². The van der Waals surface area contributed by atoms with Gasteiger partial charge in [-0.05, 0) is 79.6 Å². The lowest BCUT2D eigenvalue weighted by atomic mass is 9.68. The van der Waals surface area contributed by atoms with Crippen molar-refractivity contribution >= 4 is 68.1 Å². The molecule has 2 bridgehead atoms. The van der Waals surface area contributed by atoms with Crippen molar-refractivity contribution in [2.24, 2.45) is 29.6 Å². The van der Waals surface area contributed by atoms with Crippen molar-refractivity contribution < 1.29 is 32.3 Å². The lowest BCUT2D eigenvalue weighted by Gasteiger charge is -2.43. The molecule has 3 amide bonds. The number of nitrogens with zero attached hydrogens (tertiary/aromatic N) is 1. The maximum Gasteiger partial charge on any atom is 0.416 e. The van der Waals surface area contributed by atoms with Crippen LogP contribution in [0.2, 0.25) is 0 Å². The van der Waals surface area contributed by atoms with E-state index in [2.05, 4.69) is 26.2 Å². The summed E-state index contributed by atoms with van der Waals surface area (Å²) in [5.41, 5.74) is 1.40. The molecule has 1 aromatic heterocycles. The average Bonchev–Trinajstić information content (AvgIpc) is 3.79. The maximum atomic E-state index is 14.1. The van der Waals surface area contributed by atoms with E-state index in [-0.39, 0.29) is 51.3 Å². The van der Waals surface area contributed by atoms with Gasteiger partial charge in [-0.25, -0.2) is 0 Å². The van der Waals surface area contributed by atoms with Crippen LogP contribution in [0.25, 0.3) is 0 Å². The van der Waals surface area contributed by atoms with Gasteiger partial charge < -0.3 is 15.0 Å². The minimum absolute atomic E-state index is 0.0136. The van der Waals surface area contributed by atoms with Gasteiger partial charge in [0.1, 0.15) is 5.75 Å². The number of aromatic amines is 1. The number of carbonyl (C=O) groups excluding carboxylic acids is 3. The van der Waals surface area contributed by atoms with E-state index in [1.54, 1.807) is 36.0 Å². The lowest BCUT2D eigenvalue weighted by Crippen LogP contribution is -2.42. The molecule has 8 nitrogen and oxygen atoms in total. The third kappa shape index (κ3) is 5.42. The van der Waals surface area contributed by atoms with Crippen molar-refractivity contribution in [2.45, 2.75) is 35.7 Å². The van der Waals surface area contributed by atoms with Gasteiger partial charge in [0.25, 0.3) is 5.91 Å². The van der Waals surface area contributed by atoms with E-state index in [1.807, 2.05) is 25.1 Å². The Bertz CT molecular complexity index is 2080. The molecular formula is C35H27BrF3N3O5S2. The number of hydrogen-bond acceptors (Lipinski definition) is 7. The number of anilines is 2. The Morgan fingerprint density at radius 3 is 2.49 bits per heavy atom. The molecule has 0 spiro atoms. The van der Waals surface area contributed by atoms with Crippen molar-refractivity contribution in [1.29, 1.82) is 0 Å². The molecule has 0 radical (unpaired) electrons. The summed E-state index contributed by atoms with van der Waals surface area (Å²) in [7, 11) is 0. The number of thioether (sulfide) groups is 1. The normalized spacial score (nSPS) is 26.8. The molecule has 7 atom stereocenters. The molecule has 2 aliphatic carbocycles. The van der Waals surface area contributed by atoms with Crippen LogP contribution in [0.1, 0.15) is 33.9 Å². The molecular weight excluding hydrogens is 743 g/mol. The topological polar surface area (TPSA) is 109 Å². The number of hydrogen-bond donors (Lipinski definition) is 2. The van der Waals surface area contributed by atoms with E-state index in [1.165, 1.54) is 17.0 Å². The van der Waals surface area contributed by atoms with E-state index >= 15 is 0 Å². The van der Waals surface area contributed by atoms with Crippen molar-refractivity contribution in [3.63, 3.8) is 0 Å². The number of nitrogens with one attached hydrogen (secondary N) is 2. The van der Waals surface area contributed by atoms with Gasteiger partial charge in [-0.2, -0.15) is 13.2 Å². The van der Waals surface area contributed by atoms with Crippen LogP contribution >= 0.6 is 39.0 Å². The molecule has 49 heavy (non-hydrogen) atoms. The molecule has 14 heteroatoms. The first-order valence-corrected chi connectivity index (χ1v) is 18.1. The number of rotatable bonds is 6. The predicted octanol–water partition coefficient (Wildman–Crippen LogP) is 7.22. The molecule has 4 aliphatic rings. The van der Waals surface area contributed by atoms with Crippen LogP contribution in [-0.4, -0.2) is 34.6 Å². The summed E-state index contributed by atoms with van der Waals surface area (Å²) in [5, 5.41) is 3.14. The van der Waals surface area contributed by atoms with E-state index < -0.39 is 36.1 Å². The lowest BCUT2D eigenvalue weighted by molar-refractivity contribution is -0.137. The molecule has 2 N–H and O–H groups in total. The number of halogens is 4. The second kappa shape index (κ2) is 11.9. The number of carbonyl (C=O) groups is 3. The summed E-state index contributed by atoms with van der Waals surface area (Å²) < 4.78 is 46.4. The smallest absolute Gasteiger partial charge is 0.416 e. The highest BCUT2D eigenvalue weighted by Crippen LogP contribution is 2.69. The fourth-order valence-electron chi connectivity index (χ4n) is 8.32. The highest BCUT2D eigenvalue weighted by molar-refractivity contribution is 9.10. The second-order valence-electron chi connectivity index (χ2n) is 12.9. The molecule has 3 heterocycles. The fraction of sp³-hybridized carbons (Fsp3) is 0.314. The molecule has 1 saturated heterocycles. The Morgan fingerprint density at radius 2 is 1.76 bits per heavy atom. The number of H-pyrrole nitrogens is 1. The van der Waals surface area contributed by atoms with Crippen LogP contribution in [0.15, 0.2) is 81.0 Å². The van der Waals surface area contributed by atoms with Gasteiger partial charge >= 0.3 is 11.0 Å². The minimum Gasteiger partial charge on any atom is -0.483 e. The first-order valence-electron chi connectivity index (χ1n) is 15.6. The summed E-state index contributed by atoms with van der Waals surface area (Å²) in [4.78, 5) is 58.6. The molecule has 3 aromatic carbocycles.